The number of aliphatic hydroxyl groups excluding tert-OH is 1. The van der Waals surface area contributed by atoms with Crippen LogP contribution in [0.25, 0.3) is 0 Å². The van der Waals surface area contributed by atoms with Gasteiger partial charge >= 0.3 is 0 Å². The predicted molar refractivity (Wildman–Crippen MR) is 66.6 cm³/mol. The molecule has 1 saturated heterocycles. The molecule has 1 aliphatic rings. The van der Waals surface area contributed by atoms with Crippen LogP contribution >= 0.6 is 0 Å². The maximum Gasteiger partial charge on any atom is 0.222 e. The number of aliphatic hydroxyl groups is 1. The smallest absolute Gasteiger partial charge is 0.222 e. The van der Waals surface area contributed by atoms with Gasteiger partial charge in [-0.25, -0.2) is 0 Å². The molecule has 1 aliphatic heterocycles. The molecule has 3 heteroatoms. The Labute approximate surface area is 102 Å². The van der Waals surface area contributed by atoms with Gasteiger partial charge in [0.2, 0.25) is 5.91 Å². The minimum Gasteiger partial charge on any atom is -0.388 e. The SMILES string of the molecule is Cc1ccc(C(O)CCCC(=O)N2CC2)cc1. The molecule has 1 fully saturated rings. The van der Waals surface area contributed by atoms with Gasteiger partial charge in [0.25, 0.3) is 0 Å². The van der Waals surface area contributed by atoms with Crippen LogP contribution in [0.1, 0.15) is 36.5 Å². The first kappa shape index (κ1) is 12.1. The molecule has 1 amide bonds. The van der Waals surface area contributed by atoms with E-state index < -0.39 is 6.10 Å². The van der Waals surface area contributed by atoms with Gasteiger partial charge < -0.3 is 10.0 Å². The molecule has 0 bridgehead atoms. The van der Waals surface area contributed by atoms with E-state index >= 15 is 0 Å². The zero-order valence-electron chi connectivity index (χ0n) is 10.2. The van der Waals surface area contributed by atoms with E-state index in [2.05, 4.69) is 0 Å². The van der Waals surface area contributed by atoms with Crippen molar-refractivity contribution in [1.82, 2.24) is 4.90 Å². The number of hydrogen-bond acceptors (Lipinski definition) is 2. The Morgan fingerprint density at radius 3 is 2.59 bits per heavy atom. The summed E-state index contributed by atoms with van der Waals surface area (Å²) in [4.78, 5) is 13.2. The Balaban J connectivity index is 1.74. The normalized spacial score (nSPS) is 15.8. The molecule has 0 saturated carbocycles. The second kappa shape index (κ2) is 5.32. The van der Waals surface area contributed by atoms with E-state index in [4.69, 9.17) is 0 Å². The lowest BCUT2D eigenvalue weighted by molar-refractivity contribution is -0.125. The maximum atomic E-state index is 11.4. The maximum absolute atomic E-state index is 11.4. The summed E-state index contributed by atoms with van der Waals surface area (Å²) in [5.41, 5.74) is 2.13. The van der Waals surface area contributed by atoms with Gasteiger partial charge in [0.15, 0.2) is 0 Å². The van der Waals surface area contributed by atoms with Crippen LogP contribution < -0.4 is 0 Å². The summed E-state index contributed by atoms with van der Waals surface area (Å²) in [6.45, 7) is 3.86. The fourth-order valence-corrected chi connectivity index (χ4v) is 1.86. The monoisotopic (exact) mass is 233 g/mol. The minimum absolute atomic E-state index is 0.223. The van der Waals surface area contributed by atoms with Gasteiger partial charge in [-0.1, -0.05) is 29.8 Å². The summed E-state index contributed by atoms with van der Waals surface area (Å²) in [5, 5.41) is 9.95. The highest BCUT2D eigenvalue weighted by Crippen LogP contribution is 2.20. The zero-order valence-corrected chi connectivity index (χ0v) is 10.2. The number of nitrogens with zero attached hydrogens (tertiary/aromatic N) is 1. The van der Waals surface area contributed by atoms with E-state index in [1.54, 1.807) is 0 Å². The molecular formula is C14H19NO2. The van der Waals surface area contributed by atoms with Gasteiger partial charge in [-0.3, -0.25) is 4.79 Å². The molecule has 1 unspecified atom stereocenters. The molecule has 1 aromatic carbocycles. The molecule has 0 spiro atoms. The summed E-state index contributed by atoms with van der Waals surface area (Å²) in [6, 6.07) is 7.90. The van der Waals surface area contributed by atoms with Gasteiger partial charge in [-0.2, -0.15) is 0 Å². The van der Waals surface area contributed by atoms with Crippen LogP contribution in [0.3, 0.4) is 0 Å². The van der Waals surface area contributed by atoms with Crippen molar-refractivity contribution in [3.05, 3.63) is 35.4 Å². The quantitative estimate of drug-likeness (QED) is 0.791. The van der Waals surface area contributed by atoms with E-state index in [1.807, 2.05) is 36.1 Å². The van der Waals surface area contributed by atoms with Crippen molar-refractivity contribution >= 4 is 5.91 Å². The van der Waals surface area contributed by atoms with E-state index in [9.17, 15) is 9.90 Å². The number of rotatable bonds is 5. The number of hydrogen-bond donors (Lipinski definition) is 1. The highest BCUT2D eigenvalue weighted by molar-refractivity contribution is 5.78. The Kier molecular flexibility index (Phi) is 3.79. The predicted octanol–water partition coefficient (Wildman–Crippen LogP) is 2.04. The molecule has 0 radical (unpaired) electrons. The van der Waals surface area contributed by atoms with Crippen LogP contribution in [0.4, 0.5) is 0 Å². The molecule has 17 heavy (non-hydrogen) atoms. The Morgan fingerprint density at radius 1 is 1.35 bits per heavy atom. The van der Waals surface area contributed by atoms with Gasteiger partial charge in [0.1, 0.15) is 0 Å². The van der Waals surface area contributed by atoms with Crippen LogP contribution in [0, 0.1) is 6.92 Å². The summed E-state index contributed by atoms with van der Waals surface area (Å²) < 4.78 is 0. The van der Waals surface area contributed by atoms with Crippen molar-refractivity contribution in [2.24, 2.45) is 0 Å². The van der Waals surface area contributed by atoms with Gasteiger partial charge in [-0.15, -0.1) is 0 Å². The summed E-state index contributed by atoms with van der Waals surface area (Å²) >= 11 is 0. The second-order valence-electron chi connectivity index (χ2n) is 4.70. The molecular weight excluding hydrogens is 214 g/mol. The summed E-state index contributed by atoms with van der Waals surface area (Å²) in [6.07, 6.45) is 1.52. The molecule has 1 aromatic rings. The second-order valence-corrected chi connectivity index (χ2v) is 4.70. The fourth-order valence-electron chi connectivity index (χ4n) is 1.86. The molecule has 1 heterocycles. The van der Waals surface area contributed by atoms with E-state index in [-0.39, 0.29) is 5.91 Å². The summed E-state index contributed by atoms with van der Waals surface area (Å²) in [7, 11) is 0. The number of carbonyl (C=O) groups excluding carboxylic acids is 1. The third kappa shape index (κ3) is 3.56. The highest BCUT2D eigenvalue weighted by Gasteiger charge is 2.23. The molecule has 2 rings (SSSR count). The number of benzene rings is 1. The fraction of sp³-hybridized carbons (Fsp3) is 0.500. The van der Waals surface area contributed by atoms with Crippen LogP contribution in [0.2, 0.25) is 0 Å². The van der Waals surface area contributed by atoms with Crippen molar-refractivity contribution in [2.45, 2.75) is 32.3 Å². The first-order valence-electron chi connectivity index (χ1n) is 6.19. The van der Waals surface area contributed by atoms with E-state index in [1.165, 1.54) is 5.56 Å². The molecule has 1 N–H and O–H groups in total. The third-order valence-corrected chi connectivity index (χ3v) is 3.13. The lowest BCUT2D eigenvalue weighted by atomic mass is 10.0. The molecule has 1 atom stereocenters. The van der Waals surface area contributed by atoms with Crippen molar-refractivity contribution in [3.8, 4) is 0 Å². The minimum atomic E-state index is -0.447. The Morgan fingerprint density at radius 2 is 2.00 bits per heavy atom. The topological polar surface area (TPSA) is 40.3 Å². The largest absolute Gasteiger partial charge is 0.388 e. The van der Waals surface area contributed by atoms with Gasteiger partial charge in [0, 0.05) is 19.5 Å². The molecule has 0 aromatic heterocycles. The first-order chi connectivity index (χ1) is 8.16. The Bertz CT molecular complexity index is 382. The van der Waals surface area contributed by atoms with Crippen molar-refractivity contribution in [2.75, 3.05) is 13.1 Å². The van der Waals surface area contributed by atoms with Crippen LogP contribution in [-0.2, 0) is 4.79 Å². The van der Waals surface area contributed by atoms with Crippen LogP contribution in [-0.4, -0.2) is 29.0 Å². The molecule has 3 nitrogen and oxygen atoms in total. The third-order valence-electron chi connectivity index (χ3n) is 3.13. The average Bonchev–Trinajstić information content (AvgIpc) is 3.13. The van der Waals surface area contributed by atoms with Crippen molar-refractivity contribution in [3.63, 3.8) is 0 Å². The summed E-state index contributed by atoms with van der Waals surface area (Å²) in [5.74, 6) is 0.223. The van der Waals surface area contributed by atoms with Crippen molar-refractivity contribution < 1.29 is 9.90 Å². The zero-order chi connectivity index (χ0) is 12.3. The van der Waals surface area contributed by atoms with Crippen molar-refractivity contribution in [1.29, 1.82) is 0 Å². The van der Waals surface area contributed by atoms with E-state index in [0.29, 0.717) is 12.8 Å². The molecule has 92 valence electrons. The van der Waals surface area contributed by atoms with Gasteiger partial charge in [-0.05, 0) is 25.3 Å². The lowest BCUT2D eigenvalue weighted by Gasteiger charge is -2.11. The number of carbonyl (C=O) groups is 1. The lowest BCUT2D eigenvalue weighted by Crippen LogP contribution is -2.10. The van der Waals surface area contributed by atoms with Crippen LogP contribution in [0.5, 0.6) is 0 Å². The van der Waals surface area contributed by atoms with Gasteiger partial charge in [0.05, 0.1) is 6.10 Å². The number of amides is 1. The first-order valence-corrected chi connectivity index (χ1v) is 6.19. The average molecular weight is 233 g/mol. The highest BCUT2D eigenvalue weighted by atomic mass is 16.3. The molecule has 0 aliphatic carbocycles. The number of aryl methyl sites for hydroxylation is 1. The Hall–Kier alpha value is -1.35. The van der Waals surface area contributed by atoms with Crippen LogP contribution in [0.15, 0.2) is 24.3 Å². The van der Waals surface area contributed by atoms with E-state index in [0.717, 1.165) is 25.1 Å². The standard InChI is InChI=1S/C14H19NO2/c1-11-5-7-12(8-6-11)13(16)3-2-4-14(17)15-9-10-15/h5-8,13,16H,2-4,9-10H2,1H3.